The molecule has 0 radical (unpaired) electrons. The van der Waals surface area contributed by atoms with E-state index in [0.29, 0.717) is 13.1 Å². The van der Waals surface area contributed by atoms with Gasteiger partial charge in [-0.15, -0.1) is 0 Å². The highest BCUT2D eigenvalue weighted by Crippen LogP contribution is 2.39. The zero-order chi connectivity index (χ0) is 16.3. The van der Waals surface area contributed by atoms with Crippen molar-refractivity contribution in [3.05, 3.63) is 0 Å². The first-order valence-electron chi connectivity index (χ1n) is 7.97. The van der Waals surface area contributed by atoms with Crippen LogP contribution in [0.5, 0.6) is 0 Å². The molecule has 0 aliphatic carbocycles. The van der Waals surface area contributed by atoms with Crippen LogP contribution in [0.15, 0.2) is 0 Å². The van der Waals surface area contributed by atoms with E-state index in [0.717, 1.165) is 25.7 Å². The van der Waals surface area contributed by atoms with Gasteiger partial charge in [0.1, 0.15) is 0 Å². The van der Waals surface area contributed by atoms with E-state index in [1.807, 2.05) is 0 Å². The van der Waals surface area contributed by atoms with Gasteiger partial charge in [0, 0.05) is 6.54 Å². The summed E-state index contributed by atoms with van der Waals surface area (Å²) in [5.74, 6) is 0. The van der Waals surface area contributed by atoms with Crippen molar-refractivity contribution in [2.45, 2.75) is 76.7 Å². The largest absolute Gasteiger partial charge is 0.465 e. The zero-order valence-corrected chi connectivity index (χ0v) is 15.2. The van der Waals surface area contributed by atoms with Gasteiger partial charge in [-0.3, -0.25) is 0 Å². The predicted molar refractivity (Wildman–Crippen MR) is 88.1 cm³/mol. The molecule has 1 aliphatic rings. The Bertz CT molecular complexity index is 355. The molecule has 1 rings (SSSR count). The minimum atomic E-state index is -1.89. The van der Waals surface area contributed by atoms with Crippen LogP contribution in [0.2, 0.25) is 18.1 Å². The highest BCUT2D eigenvalue weighted by Gasteiger charge is 2.43. The maximum absolute atomic E-state index is 11.5. The van der Waals surface area contributed by atoms with Crippen LogP contribution in [0, 0.1) is 0 Å². The standard InChI is InChI=1S/C15H32N2O3Si/c1-15(2,3)21(4,5)20-13-9-7-11-17(14(18)19)12(13)8-6-10-16/h12-13H,6-11,16H2,1-5H3,(H,18,19)/t12-,13+/m1/s1. The van der Waals surface area contributed by atoms with Crippen molar-refractivity contribution < 1.29 is 14.3 Å². The Morgan fingerprint density at radius 1 is 1.43 bits per heavy atom. The summed E-state index contributed by atoms with van der Waals surface area (Å²) in [6.07, 6.45) is 2.65. The molecule has 1 heterocycles. The third-order valence-electron chi connectivity index (χ3n) is 4.92. The number of hydrogen-bond acceptors (Lipinski definition) is 3. The van der Waals surface area contributed by atoms with Gasteiger partial charge in [0.2, 0.25) is 0 Å². The Kier molecular flexibility index (Phi) is 6.25. The molecule has 0 aromatic heterocycles. The van der Waals surface area contributed by atoms with Crippen molar-refractivity contribution in [3.8, 4) is 0 Å². The molecular formula is C15H32N2O3Si. The molecule has 6 heteroatoms. The van der Waals surface area contributed by atoms with E-state index in [9.17, 15) is 9.90 Å². The van der Waals surface area contributed by atoms with E-state index in [4.69, 9.17) is 10.2 Å². The molecule has 0 spiro atoms. The van der Waals surface area contributed by atoms with Gasteiger partial charge >= 0.3 is 6.09 Å². The second kappa shape index (κ2) is 7.11. The van der Waals surface area contributed by atoms with Crippen molar-refractivity contribution in [3.63, 3.8) is 0 Å². The van der Waals surface area contributed by atoms with Gasteiger partial charge in [0.15, 0.2) is 8.32 Å². The third-order valence-corrected chi connectivity index (χ3v) is 9.42. The Labute approximate surface area is 130 Å². The van der Waals surface area contributed by atoms with Crippen LogP contribution in [0.4, 0.5) is 4.79 Å². The number of rotatable bonds is 5. The SMILES string of the molecule is CC(C)(C)[Si](C)(C)O[C@H]1CCCN(C(=O)O)[C@@H]1CCCN. The molecule has 1 fully saturated rings. The highest BCUT2D eigenvalue weighted by atomic mass is 28.4. The van der Waals surface area contributed by atoms with Gasteiger partial charge in [-0.25, -0.2) is 4.79 Å². The molecular weight excluding hydrogens is 284 g/mol. The first-order chi connectivity index (χ1) is 9.60. The lowest BCUT2D eigenvalue weighted by Crippen LogP contribution is -2.56. The molecule has 124 valence electrons. The van der Waals surface area contributed by atoms with E-state index in [2.05, 4.69) is 33.9 Å². The number of nitrogens with two attached hydrogens (primary N) is 1. The normalized spacial score (nSPS) is 24.2. The Balaban J connectivity index is 2.88. The van der Waals surface area contributed by atoms with Gasteiger partial charge in [0.25, 0.3) is 0 Å². The summed E-state index contributed by atoms with van der Waals surface area (Å²) < 4.78 is 6.53. The third kappa shape index (κ3) is 4.69. The van der Waals surface area contributed by atoms with Crippen LogP contribution in [0.1, 0.15) is 46.5 Å². The molecule has 0 saturated carbocycles. The summed E-state index contributed by atoms with van der Waals surface area (Å²) in [7, 11) is -1.89. The minimum absolute atomic E-state index is 0.0160. The van der Waals surface area contributed by atoms with Crippen LogP contribution in [-0.4, -0.2) is 49.7 Å². The quantitative estimate of drug-likeness (QED) is 0.763. The van der Waals surface area contributed by atoms with E-state index >= 15 is 0 Å². The lowest BCUT2D eigenvalue weighted by Gasteiger charge is -2.46. The number of hydrogen-bond donors (Lipinski definition) is 2. The molecule has 0 aromatic rings. The first-order valence-corrected chi connectivity index (χ1v) is 10.9. The first kappa shape index (κ1) is 18.5. The monoisotopic (exact) mass is 316 g/mol. The Morgan fingerprint density at radius 3 is 2.52 bits per heavy atom. The Morgan fingerprint density at radius 2 is 2.05 bits per heavy atom. The zero-order valence-electron chi connectivity index (χ0n) is 14.2. The van der Waals surface area contributed by atoms with Crippen molar-refractivity contribution in [2.24, 2.45) is 5.73 Å². The average molecular weight is 317 g/mol. The summed E-state index contributed by atoms with van der Waals surface area (Å²) in [6, 6.07) is -0.0473. The smallest absolute Gasteiger partial charge is 0.407 e. The fourth-order valence-electron chi connectivity index (χ4n) is 2.62. The molecule has 3 N–H and O–H groups in total. The number of carbonyl (C=O) groups is 1. The highest BCUT2D eigenvalue weighted by molar-refractivity contribution is 6.74. The molecule has 21 heavy (non-hydrogen) atoms. The summed E-state index contributed by atoms with van der Waals surface area (Å²) in [4.78, 5) is 13.1. The molecule has 0 unspecified atom stereocenters. The van der Waals surface area contributed by atoms with Crippen LogP contribution >= 0.6 is 0 Å². The average Bonchev–Trinajstić information content (AvgIpc) is 2.35. The lowest BCUT2D eigenvalue weighted by molar-refractivity contribution is 0.0188. The van der Waals surface area contributed by atoms with Gasteiger partial charge < -0.3 is 20.2 Å². The minimum Gasteiger partial charge on any atom is -0.465 e. The van der Waals surface area contributed by atoms with Crippen molar-refractivity contribution in [1.82, 2.24) is 4.90 Å². The molecule has 1 aliphatic heterocycles. The van der Waals surface area contributed by atoms with Gasteiger partial charge in [-0.05, 0) is 50.4 Å². The van der Waals surface area contributed by atoms with Gasteiger partial charge in [-0.1, -0.05) is 20.8 Å². The van der Waals surface area contributed by atoms with Crippen LogP contribution in [0.3, 0.4) is 0 Å². The van der Waals surface area contributed by atoms with Gasteiger partial charge in [0.05, 0.1) is 12.1 Å². The molecule has 0 aromatic carbocycles. The molecule has 2 atom stereocenters. The van der Waals surface area contributed by atoms with Gasteiger partial charge in [-0.2, -0.15) is 0 Å². The van der Waals surface area contributed by atoms with E-state index < -0.39 is 14.4 Å². The molecule has 5 nitrogen and oxygen atoms in total. The molecule has 0 bridgehead atoms. The van der Waals surface area contributed by atoms with E-state index in [-0.39, 0.29) is 17.2 Å². The van der Waals surface area contributed by atoms with Crippen LogP contribution in [-0.2, 0) is 4.43 Å². The maximum Gasteiger partial charge on any atom is 0.407 e. The fraction of sp³-hybridized carbons (Fsp3) is 0.933. The molecule has 1 saturated heterocycles. The van der Waals surface area contributed by atoms with E-state index in [1.165, 1.54) is 0 Å². The van der Waals surface area contributed by atoms with Crippen molar-refractivity contribution in [2.75, 3.05) is 13.1 Å². The summed E-state index contributed by atoms with van der Waals surface area (Å²) in [6.45, 7) is 12.3. The number of likely N-dealkylation sites (tertiary alicyclic amines) is 1. The summed E-state index contributed by atoms with van der Waals surface area (Å²) in [5, 5.41) is 9.57. The van der Waals surface area contributed by atoms with Crippen molar-refractivity contribution >= 4 is 14.4 Å². The van der Waals surface area contributed by atoms with Crippen LogP contribution < -0.4 is 5.73 Å². The summed E-state index contributed by atoms with van der Waals surface area (Å²) >= 11 is 0. The number of carboxylic acid groups (broad SMARTS) is 1. The Hall–Kier alpha value is -0.593. The van der Waals surface area contributed by atoms with E-state index in [1.54, 1.807) is 4.90 Å². The summed E-state index contributed by atoms with van der Waals surface area (Å²) in [5.41, 5.74) is 5.61. The number of nitrogens with zero attached hydrogens (tertiary/aromatic N) is 1. The second-order valence-corrected chi connectivity index (χ2v) is 12.3. The lowest BCUT2D eigenvalue weighted by atomic mass is 9.95. The predicted octanol–water partition coefficient (Wildman–Crippen LogP) is 3.26. The maximum atomic E-state index is 11.5. The fourth-order valence-corrected chi connectivity index (χ4v) is 4.01. The number of amides is 1. The molecule has 1 amide bonds. The second-order valence-electron chi connectivity index (χ2n) is 7.53. The van der Waals surface area contributed by atoms with Crippen LogP contribution in [0.25, 0.3) is 0 Å². The van der Waals surface area contributed by atoms with Crippen molar-refractivity contribution in [1.29, 1.82) is 0 Å². The number of piperidine rings is 1. The topological polar surface area (TPSA) is 75.8 Å².